The number of halogens is 1. The molecule has 0 bridgehead atoms. The fourth-order valence-electron chi connectivity index (χ4n) is 1.49. The summed E-state index contributed by atoms with van der Waals surface area (Å²) in [6, 6.07) is 7.11. The Balaban J connectivity index is 1.65. The predicted molar refractivity (Wildman–Crippen MR) is 71.8 cm³/mol. The number of aromatic nitrogens is 3. The Morgan fingerprint density at radius 1 is 1.26 bits per heavy atom. The Morgan fingerprint density at radius 2 is 2.05 bits per heavy atom. The second-order valence-electron chi connectivity index (χ2n) is 3.92. The summed E-state index contributed by atoms with van der Waals surface area (Å²) in [6.45, 7) is 0.965. The maximum Gasteiger partial charge on any atom is 0.315 e. The van der Waals surface area contributed by atoms with Gasteiger partial charge in [0, 0.05) is 24.5 Å². The van der Waals surface area contributed by atoms with Crippen LogP contribution in [0.5, 0.6) is 0 Å². The Morgan fingerprint density at radius 3 is 2.74 bits per heavy atom. The molecule has 0 aliphatic carbocycles. The highest BCUT2D eigenvalue weighted by Gasteiger charge is 2.01. The first kappa shape index (κ1) is 13.4. The van der Waals surface area contributed by atoms with Crippen LogP contribution in [0.3, 0.4) is 0 Å². The molecule has 1 aromatic carbocycles. The summed E-state index contributed by atoms with van der Waals surface area (Å²) in [5.41, 5.74) is 0.995. The summed E-state index contributed by atoms with van der Waals surface area (Å²) in [4.78, 5) is 15.5. The summed E-state index contributed by atoms with van der Waals surface area (Å²) in [7, 11) is 0. The number of hydrogen-bond acceptors (Lipinski definition) is 3. The average molecular weight is 280 g/mol. The first-order valence-electron chi connectivity index (χ1n) is 5.84. The van der Waals surface area contributed by atoms with Crippen LogP contribution < -0.4 is 10.6 Å². The van der Waals surface area contributed by atoms with Gasteiger partial charge >= 0.3 is 6.03 Å². The molecule has 3 N–H and O–H groups in total. The minimum absolute atomic E-state index is 0.213. The van der Waals surface area contributed by atoms with Crippen LogP contribution in [0.15, 0.2) is 30.6 Å². The monoisotopic (exact) mass is 279 g/mol. The Hall–Kier alpha value is -2.08. The second-order valence-corrected chi connectivity index (χ2v) is 4.35. The summed E-state index contributed by atoms with van der Waals surface area (Å²) < 4.78 is 0. The van der Waals surface area contributed by atoms with E-state index in [9.17, 15) is 4.79 Å². The highest BCUT2D eigenvalue weighted by molar-refractivity contribution is 6.30. The van der Waals surface area contributed by atoms with Crippen molar-refractivity contribution in [3.63, 3.8) is 0 Å². The smallest absolute Gasteiger partial charge is 0.315 e. The topological polar surface area (TPSA) is 82.7 Å². The van der Waals surface area contributed by atoms with Gasteiger partial charge in [-0.1, -0.05) is 23.7 Å². The highest BCUT2D eigenvalue weighted by Crippen LogP contribution is 2.08. The average Bonchev–Trinajstić information content (AvgIpc) is 2.91. The van der Waals surface area contributed by atoms with E-state index in [1.807, 2.05) is 12.1 Å². The minimum Gasteiger partial charge on any atom is -0.338 e. The standard InChI is InChI=1S/C12H14ClN5O/c13-10-3-1-9(2-4-10)7-15-12(19)14-6-5-11-16-8-17-18-11/h1-4,8H,5-7H2,(H2,14,15,19)(H,16,17,18). The third-order valence-electron chi connectivity index (χ3n) is 2.48. The lowest BCUT2D eigenvalue weighted by molar-refractivity contribution is 0.240. The maximum atomic E-state index is 11.5. The minimum atomic E-state index is -0.213. The van der Waals surface area contributed by atoms with E-state index in [1.165, 1.54) is 6.33 Å². The van der Waals surface area contributed by atoms with Crippen LogP contribution in [-0.4, -0.2) is 27.8 Å². The molecule has 2 amide bonds. The predicted octanol–water partition coefficient (Wildman–Crippen LogP) is 1.50. The van der Waals surface area contributed by atoms with Crippen molar-refractivity contribution in [2.24, 2.45) is 0 Å². The van der Waals surface area contributed by atoms with Crippen molar-refractivity contribution < 1.29 is 4.79 Å². The number of carbonyl (C=O) groups excluding carboxylic acids is 1. The SMILES string of the molecule is O=C(NCCc1ncn[nH]1)NCc1ccc(Cl)cc1. The van der Waals surface area contributed by atoms with E-state index in [0.717, 1.165) is 11.4 Å². The van der Waals surface area contributed by atoms with Crippen molar-refractivity contribution in [3.05, 3.63) is 47.0 Å². The van der Waals surface area contributed by atoms with Crippen LogP contribution in [-0.2, 0) is 13.0 Å². The van der Waals surface area contributed by atoms with Crippen LogP contribution in [0.2, 0.25) is 5.02 Å². The van der Waals surface area contributed by atoms with Crippen molar-refractivity contribution in [1.29, 1.82) is 0 Å². The Labute approximate surface area is 115 Å². The normalized spacial score (nSPS) is 10.2. The Bertz CT molecular complexity index is 511. The number of nitrogens with one attached hydrogen (secondary N) is 3. The molecular formula is C12H14ClN5O. The molecule has 2 aromatic rings. The van der Waals surface area contributed by atoms with Crippen LogP contribution in [0.4, 0.5) is 4.79 Å². The molecule has 0 atom stereocenters. The van der Waals surface area contributed by atoms with E-state index < -0.39 is 0 Å². The number of benzene rings is 1. The number of amides is 2. The van der Waals surface area contributed by atoms with Crippen molar-refractivity contribution in [3.8, 4) is 0 Å². The second kappa shape index (κ2) is 6.75. The fourth-order valence-corrected chi connectivity index (χ4v) is 1.62. The van der Waals surface area contributed by atoms with Gasteiger partial charge in [0.05, 0.1) is 0 Å². The van der Waals surface area contributed by atoms with Crippen molar-refractivity contribution >= 4 is 17.6 Å². The molecule has 0 saturated heterocycles. The third-order valence-corrected chi connectivity index (χ3v) is 2.73. The molecule has 7 heteroatoms. The number of urea groups is 1. The van der Waals surface area contributed by atoms with E-state index in [1.54, 1.807) is 12.1 Å². The number of nitrogens with zero attached hydrogens (tertiary/aromatic N) is 2. The lowest BCUT2D eigenvalue weighted by Gasteiger charge is -2.07. The van der Waals surface area contributed by atoms with Gasteiger partial charge in [-0.05, 0) is 17.7 Å². The molecule has 0 radical (unpaired) electrons. The van der Waals surface area contributed by atoms with Crippen molar-refractivity contribution in [2.45, 2.75) is 13.0 Å². The highest BCUT2D eigenvalue weighted by atomic mass is 35.5. The van der Waals surface area contributed by atoms with Gasteiger partial charge in [0.2, 0.25) is 0 Å². The quantitative estimate of drug-likeness (QED) is 0.776. The van der Waals surface area contributed by atoms with E-state index in [0.29, 0.717) is 24.5 Å². The maximum absolute atomic E-state index is 11.5. The molecule has 100 valence electrons. The van der Waals surface area contributed by atoms with Gasteiger partial charge in [-0.25, -0.2) is 9.78 Å². The summed E-state index contributed by atoms with van der Waals surface area (Å²) in [5, 5.41) is 12.6. The molecule has 19 heavy (non-hydrogen) atoms. The largest absolute Gasteiger partial charge is 0.338 e. The first-order valence-corrected chi connectivity index (χ1v) is 6.22. The molecule has 0 unspecified atom stereocenters. The van der Waals surface area contributed by atoms with Crippen LogP contribution in [0, 0.1) is 0 Å². The van der Waals surface area contributed by atoms with E-state index >= 15 is 0 Å². The van der Waals surface area contributed by atoms with Gasteiger partial charge in [0.25, 0.3) is 0 Å². The van der Waals surface area contributed by atoms with Crippen LogP contribution in [0.25, 0.3) is 0 Å². The summed E-state index contributed by atoms with van der Waals surface area (Å²) >= 11 is 5.78. The van der Waals surface area contributed by atoms with E-state index in [-0.39, 0.29) is 6.03 Å². The molecule has 1 heterocycles. The zero-order valence-electron chi connectivity index (χ0n) is 10.2. The lowest BCUT2D eigenvalue weighted by atomic mass is 10.2. The van der Waals surface area contributed by atoms with Crippen molar-refractivity contribution in [2.75, 3.05) is 6.54 Å². The Kier molecular flexibility index (Phi) is 4.74. The fraction of sp³-hybridized carbons (Fsp3) is 0.250. The molecule has 0 spiro atoms. The zero-order chi connectivity index (χ0) is 13.5. The molecule has 2 rings (SSSR count). The number of aromatic amines is 1. The lowest BCUT2D eigenvalue weighted by Crippen LogP contribution is -2.36. The molecule has 0 aliphatic rings. The summed E-state index contributed by atoms with van der Waals surface area (Å²) in [5.74, 6) is 0.748. The van der Waals surface area contributed by atoms with Gasteiger partial charge in [0.15, 0.2) is 0 Å². The van der Waals surface area contributed by atoms with Gasteiger partial charge in [-0.2, -0.15) is 5.10 Å². The molecule has 0 saturated carbocycles. The van der Waals surface area contributed by atoms with Crippen molar-refractivity contribution in [1.82, 2.24) is 25.8 Å². The van der Waals surface area contributed by atoms with Crippen LogP contribution >= 0.6 is 11.6 Å². The number of carbonyl (C=O) groups is 1. The molecule has 0 aliphatic heterocycles. The first-order chi connectivity index (χ1) is 9.24. The molecule has 0 fully saturated rings. The number of hydrogen-bond donors (Lipinski definition) is 3. The molecular weight excluding hydrogens is 266 g/mol. The van der Waals surface area contributed by atoms with Gasteiger partial charge in [0.1, 0.15) is 12.2 Å². The van der Waals surface area contributed by atoms with E-state index in [2.05, 4.69) is 25.8 Å². The molecule has 6 nitrogen and oxygen atoms in total. The number of rotatable bonds is 5. The van der Waals surface area contributed by atoms with Gasteiger partial charge in [-0.3, -0.25) is 5.10 Å². The zero-order valence-corrected chi connectivity index (χ0v) is 10.9. The van der Waals surface area contributed by atoms with Crippen LogP contribution in [0.1, 0.15) is 11.4 Å². The third kappa shape index (κ3) is 4.59. The van der Waals surface area contributed by atoms with Gasteiger partial charge in [-0.15, -0.1) is 0 Å². The molecule has 1 aromatic heterocycles. The van der Waals surface area contributed by atoms with E-state index in [4.69, 9.17) is 11.6 Å². The van der Waals surface area contributed by atoms with Gasteiger partial charge < -0.3 is 10.6 Å². The summed E-state index contributed by atoms with van der Waals surface area (Å²) in [6.07, 6.45) is 2.06. The number of H-pyrrole nitrogens is 1.